The van der Waals surface area contributed by atoms with E-state index in [0.717, 1.165) is 44.1 Å². The lowest BCUT2D eigenvalue weighted by Gasteiger charge is -2.59. The second-order valence-corrected chi connectivity index (χ2v) is 12.9. The molecule has 0 aromatic rings. The fourth-order valence-corrected chi connectivity index (χ4v) is 8.69. The summed E-state index contributed by atoms with van der Waals surface area (Å²) in [5, 5.41) is 18.7. The fourth-order valence-electron chi connectivity index (χ4n) is 8.69. The van der Waals surface area contributed by atoms with Crippen molar-refractivity contribution >= 4 is 5.78 Å². The number of aliphatic hydroxyl groups is 2. The van der Waals surface area contributed by atoms with Crippen LogP contribution < -0.4 is 0 Å². The summed E-state index contributed by atoms with van der Waals surface area (Å²) < 4.78 is 0. The third kappa shape index (κ3) is 3.56. The van der Waals surface area contributed by atoms with E-state index in [2.05, 4.69) is 53.7 Å². The van der Waals surface area contributed by atoms with E-state index in [9.17, 15) is 15.0 Å². The maximum atomic E-state index is 12.8. The van der Waals surface area contributed by atoms with Crippen molar-refractivity contribution in [1.82, 2.24) is 0 Å². The topological polar surface area (TPSA) is 57.5 Å². The summed E-state index contributed by atoms with van der Waals surface area (Å²) in [4.78, 5) is 12.8. The minimum absolute atomic E-state index is 0.0476. The smallest absolute Gasteiger partial charge is 0.138 e. The van der Waals surface area contributed by atoms with E-state index in [0.29, 0.717) is 23.5 Å². The molecule has 0 amide bonds. The number of hydrogen-bond acceptors (Lipinski definition) is 3. The molecule has 0 bridgehead atoms. The van der Waals surface area contributed by atoms with Crippen molar-refractivity contribution < 1.29 is 15.0 Å². The van der Waals surface area contributed by atoms with Crippen molar-refractivity contribution in [1.29, 1.82) is 0 Å². The summed E-state index contributed by atoms with van der Waals surface area (Å²) in [5.74, 6) is 2.14. The molecule has 2 fully saturated rings. The van der Waals surface area contributed by atoms with Crippen LogP contribution >= 0.6 is 0 Å². The van der Waals surface area contributed by atoms with E-state index in [4.69, 9.17) is 0 Å². The summed E-state index contributed by atoms with van der Waals surface area (Å²) in [6.07, 6.45) is 15.6. The highest BCUT2D eigenvalue weighted by Gasteiger charge is 2.63. The van der Waals surface area contributed by atoms with Crippen LogP contribution in [0.3, 0.4) is 0 Å². The Labute approximate surface area is 201 Å². The number of ketones is 1. The average Bonchev–Trinajstić information content (AvgIpc) is 3.05. The number of allylic oxidation sites excluding steroid dienone is 5. The number of Topliss-reactive ketones (excluding diaryl/α,β-unsaturated/α-hetero) is 1. The number of hydrogen-bond donors (Lipinski definition) is 2. The Bertz CT molecular complexity index is 886. The van der Waals surface area contributed by atoms with Crippen molar-refractivity contribution in [3.63, 3.8) is 0 Å². The Balaban J connectivity index is 1.61. The first-order chi connectivity index (χ1) is 15.5. The molecule has 3 nitrogen and oxygen atoms in total. The SMILES string of the molecule is CC(CCC=C(CO)CO)C1CC[C@@]2(C)C3=CC[C@H]4C(C)(C)C(=O)CC[C@]4(C)C3=CC[C@]12C. The summed E-state index contributed by atoms with van der Waals surface area (Å²) in [6.45, 7) is 14.2. The van der Waals surface area contributed by atoms with Gasteiger partial charge < -0.3 is 10.2 Å². The molecule has 4 rings (SSSR count). The van der Waals surface area contributed by atoms with Crippen LogP contribution in [-0.2, 0) is 4.79 Å². The van der Waals surface area contributed by atoms with Crippen LogP contribution in [0.15, 0.2) is 34.9 Å². The summed E-state index contributed by atoms with van der Waals surface area (Å²) in [6, 6.07) is 0. The zero-order valence-corrected chi connectivity index (χ0v) is 21.8. The first-order valence-electron chi connectivity index (χ1n) is 13.3. The summed E-state index contributed by atoms with van der Waals surface area (Å²) >= 11 is 0. The molecular weight excluding hydrogens is 408 g/mol. The molecule has 0 aromatic carbocycles. The molecular formula is C30H46O3. The third-order valence-electron chi connectivity index (χ3n) is 11.2. The van der Waals surface area contributed by atoms with Gasteiger partial charge in [0, 0.05) is 11.8 Å². The van der Waals surface area contributed by atoms with E-state index < -0.39 is 0 Å². The molecule has 4 aliphatic carbocycles. The third-order valence-corrected chi connectivity index (χ3v) is 11.2. The van der Waals surface area contributed by atoms with Crippen LogP contribution in [0.2, 0.25) is 0 Å². The van der Waals surface area contributed by atoms with E-state index in [1.165, 1.54) is 12.8 Å². The van der Waals surface area contributed by atoms with Gasteiger partial charge in [-0.15, -0.1) is 0 Å². The zero-order valence-electron chi connectivity index (χ0n) is 21.8. The Morgan fingerprint density at radius 2 is 1.79 bits per heavy atom. The van der Waals surface area contributed by atoms with E-state index >= 15 is 0 Å². The number of rotatable bonds is 6. The molecule has 184 valence electrons. The van der Waals surface area contributed by atoms with E-state index in [1.54, 1.807) is 11.1 Å². The molecule has 4 aliphatic rings. The van der Waals surface area contributed by atoms with Gasteiger partial charge in [-0.3, -0.25) is 4.79 Å². The first kappa shape index (κ1) is 24.9. The highest BCUT2D eigenvalue weighted by atomic mass is 16.3. The molecule has 6 atom stereocenters. The molecule has 0 aromatic heterocycles. The standard InChI is InChI=1S/C30H46O3/c1-20(8-7-9-21(18-31)19-32)22-12-16-30(6)24-10-11-25-27(2,3)26(33)14-15-28(25,4)23(24)13-17-29(22,30)5/h9-10,13,20,22,25,31-32H,7-8,11-12,14-19H2,1-6H3/t20?,22?,25-,28+,29+,30-/m0/s1. The monoisotopic (exact) mass is 454 g/mol. The van der Waals surface area contributed by atoms with Crippen molar-refractivity contribution in [2.45, 2.75) is 92.9 Å². The molecule has 0 spiro atoms. The Morgan fingerprint density at radius 3 is 2.45 bits per heavy atom. The lowest BCUT2D eigenvalue weighted by atomic mass is 9.44. The average molecular weight is 455 g/mol. The number of fused-ring (bicyclic) bond motifs is 5. The molecule has 0 saturated heterocycles. The molecule has 2 unspecified atom stereocenters. The first-order valence-corrected chi connectivity index (χ1v) is 13.3. The molecule has 2 saturated carbocycles. The van der Waals surface area contributed by atoms with Gasteiger partial charge >= 0.3 is 0 Å². The van der Waals surface area contributed by atoms with Crippen molar-refractivity contribution in [3.8, 4) is 0 Å². The van der Waals surface area contributed by atoms with Gasteiger partial charge in [0.2, 0.25) is 0 Å². The fraction of sp³-hybridized carbons (Fsp3) is 0.767. The van der Waals surface area contributed by atoms with Gasteiger partial charge in [0.1, 0.15) is 5.78 Å². The molecule has 0 radical (unpaired) electrons. The van der Waals surface area contributed by atoms with Crippen LogP contribution in [0.25, 0.3) is 0 Å². The number of carbonyl (C=O) groups excluding carboxylic acids is 1. The van der Waals surface area contributed by atoms with E-state index in [1.807, 2.05) is 6.08 Å². The molecule has 0 heterocycles. The zero-order chi connectivity index (χ0) is 24.2. The van der Waals surface area contributed by atoms with Crippen molar-refractivity contribution in [2.24, 2.45) is 39.4 Å². The Hall–Kier alpha value is -1.19. The number of aliphatic hydroxyl groups excluding tert-OH is 2. The van der Waals surface area contributed by atoms with Crippen molar-refractivity contribution in [2.75, 3.05) is 13.2 Å². The lowest BCUT2D eigenvalue weighted by molar-refractivity contribution is -0.138. The Kier molecular flexibility index (Phi) is 6.41. The normalized spacial score (nSPS) is 40.2. The van der Waals surface area contributed by atoms with Crippen molar-refractivity contribution in [3.05, 3.63) is 34.9 Å². The van der Waals surface area contributed by atoms with Gasteiger partial charge in [-0.1, -0.05) is 59.8 Å². The maximum absolute atomic E-state index is 12.8. The molecule has 33 heavy (non-hydrogen) atoms. The predicted molar refractivity (Wildman–Crippen MR) is 135 cm³/mol. The predicted octanol–water partition coefficient (Wildman–Crippen LogP) is 6.41. The van der Waals surface area contributed by atoms with Crippen LogP contribution in [-0.4, -0.2) is 29.2 Å². The summed E-state index contributed by atoms with van der Waals surface area (Å²) in [5.41, 5.74) is 4.26. The minimum atomic E-state index is -0.236. The maximum Gasteiger partial charge on any atom is 0.138 e. The van der Waals surface area contributed by atoms with Crippen LogP contribution in [0.4, 0.5) is 0 Å². The van der Waals surface area contributed by atoms with Gasteiger partial charge in [0.05, 0.1) is 13.2 Å². The number of carbonyl (C=O) groups is 1. The van der Waals surface area contributed by atoms with Crippen LogP contribution in [0.1, 0.15) is 92.9 Å². The molecule has 3 heteroatoms. The van der Waals surface area contributed by atoms with Gasteiger partial charge in [-0.05, 0) is 95.7 Å². The van der Waals surface area contributed by atoms with Gasteiger partial charge in [0.15, 0.2) is 0 Å². The van der Waals surface area contributed by atoms with Gasteiger partial charge in [-0.2, -0.15) is 0 Å². The Morgan fingerprint density at radius 1 is 1.09 bits per heavy atom. The van der Waals surface area contributed by atoms with E-state index in [-0.39, 0.29) is 34.9 Å². The summed E-state index contributed by atoms with van der Waals surface area (Å²) in [7, 11) is 0. The van der Waals surface area contributed by atoms with Crippen LogP contribution in [0.5, 0.6) is 0 Å². The highest BCUT2D eigenvalue weighted by Crippen LogP contribution is 2.71. The quantitative estimate of drug-likeness (QED) is 0.456. The second-order valence-electron chi connectivity index (χ2n) is 12.9. The highest BCUT2D eigenvalue weighted by molar-refractivity contribution is 5.86. The minimum Gasteiger partial charge on any atom is -0.392 e. The van der Waals surface area contributed by atoms with Gasteiger partial charge in [-0.25, -0.2) is 0 Å². The molecule has 2 N–H and O–H groups in total. The molecule has 0 aliphatic heterocycles. The second kappa shape index (κ2) is 8.48. The van der Waals surface area contributed by atoms with Crippen LogP contribution in [0, 0.1) is 39.4 Å². The lowest BCUT2D eigenvalue weighted by Crippen LogP contribution is -2.53. The largest absolute Gasteiger partial charge is 0.392 e. The van der Waals surface area contributed by atoms with Gasteiger partial charge in [0.25, 0.3) is 0 Å².